The summed E-state index contributed by atoms with van der Waals surface area (Å²) in [6.07, 6.45) is 5.41. The second-order valence-electron chi connectivity index (χ2n) is 6.30. The molecule has 2 amide bonds. The monoisotopic (exact) mass is 347 g/mol. The molecule has 0 aliphatic heterocycles. The van der Waals surface area contributed by atoms with Crippen LogP contribution < -0.4 is 5.73 Å². The molecule has 132 valence electrons. The summed E-state index contributed by atoms with van der Waals surface area (Å²) in [5.74, 6) is -0.584. The molecule has 0 spiro atoms. The van der Waals surface area contributed by atoms with E-state index in [2.05, 4.69) is 0 Å². The van der Waals surface area contributed by atoms with E-state index in [1.807, 2.05) is 54.2 Å². The minimum Gasteiger partial charge on any atom is -0.366 e. The van der Waals surface area contributed by atoms with Gasteiger partial charge in [0.05, 0.1) is 0 Å². The Balaban J connectivity index is 1.73. The number of benzene rings is 2. The maximum Gasteiger partial charge on any atom is 0.248 e. The molecule has 3 aromatic rings. The highest BCUT2D eigenvalue weighted by molar-refractivity contribution is 5.96. The lowest BCUT2D eigenvalue weighted by molar-refractivity contribution is -0.125. The molecule has 0 atom stereocenters. The van der Waals surface area contributed by atoms with Gasteiger partial charge in [-0.3, -0.25) is 9.59 Å². The lowest BCUT2D eigenvalue weighted by Crippen LogP contribution is -2.24. The van der Waals surface area contributed by atoms with Crippen molar-refractivity contribution in [3.8, 4) is 0 Å². The van der Waals surface area contributed by atoms with Gasteiger partial charge in [0.25, 0.3) is 0 Å². The Morgan fingerprint density at radius 2 is 1.92 bits per heavy atom. The number of carbonyl (C=O) groups excluding carboxylic acids is 2. The van der Waals surface area contributed by atoms with Crippen molar-refractivity contribution >= 4 is 28.8 Å². The normalized spacial score (nSPS) is 11.2. The van der Waals surface area contributed by atoms with Crippen molar-refractivity contribution in [1.82, 2.24) is 9.47 Å². The number of amides is 2. The molecule has 0 radical (unpaired) electrons. The van der Waals surface area contributed by atoms with Crippen LogP contribution in [0, 0.1) is 0 Å². The third kappa shape index (κ3) is 3.67. The zero-order valence-electron chi connectivity index (χ0n) is 14.8. The van der Waals surface area contributed by atoms with E-state index in [1.165, 1.54) is 0 Å². The van der Waals surface area contributed by atoms with Crippen LogP contribution in [0.2, 0.25) is 0 Å². The van der Waals surface area contributed by atoms with E-state index >= 15 is 0 Å². The number of rotatable bonds is 5. The van der Waals surface area contributed by atoms with Gasteiger partial charge in [-0.15, -0.1) is 0 Å². The number of likely N-dealkylation sites (N-methyl/N-ethyl adjacent to an activating group) is 1. The maximum atomic E-state index is 12.4. The Hall–Kier alpha value is -3.34. The van der Waals surface area contributed by atoms with Crippen LogP contribution >= 0.6 is 0 Å². The Labute approximate surface area is 152 Å². The maximum absolute atomic E-state index is 12.4. The molecule has 3 rings (SSSR count). The summed E-state index contributed by atoms with van der Waals surface area (Å²) in [6, 6.07) is 15.1. The average Bonchev–Trinajstić information content (AvgIpc) is 2.96. The SMILES string of the molecule is CN(Cc1cccc(C(N)=O)c1)C(=O)/C=C/c1cn(C)c2ccccc12. The molecule has 0 unspecified atom stereocenters. The van der Waals surface area contributed by atoms with Gasteiger partial charge in [-0.25, -0.2) is 0 Å². The number of nitrogens with zero attached hydrogens (tertiary/aromatic N) is 2. The fourth-order valence-corrected chi connectivity index (χ4v) is 2.97. The van der Waals surface area contributed by atoms with Crippen molar-refractivity contribution in [2.75, 3.05) is 7.05 Å². The topological polar surface area (TPSA) is 68.3 Å². The number of aryl methyl sites for hydroxylation is 1. The number of para-hydroxylation sites is 1. The highest BCUT2D eigenvalue weighted by Crippen LogP contribution is 2.21. The van der Waals surface area contributed by atoms with Crippen molar-refractivity contribution in [1.29, 1.82) is 0 Å². The number of aromatic nitrogens is 1. The zero-order valence-corrected chi connectivity index (χ0v) is 14.8. The first-order chi connectivity index (χ1) is 12.5. The molecule has 0 bridgehead atoms. The fraction of sp³-hybridized carbons (Fsp3) is 0.143. The standard InChI is InChI=1S/C21H21N3O2/c1-23-14-17(18-8-3-4-9-19(18)23)10-11-20(25)24(2)13-15-6-5-7-16(12-15)21(22)26/h3-12,14H,13H2,1-2H3,(H2,22,26)/b11-10+. The summed E-state index contributed by atoms with van der Waals surface area (Å²) in [5, 5.41) is 1.11. The molecule has 0 aliphatic carbocycles. The Kier molecular flexibility index (Phi) is 4.89. The molecular formula is C21H21N3O2. The van der Waals surface area contributed by atoms with E-state index in [1.54, 1.807) is 36.2 Å². The van der Waals surface area contributed by atoms with E-state index in [0.29, 0.717) is 12.1 Å². The van der Waals surface area contributed by atoms with Crippen LogP contribution in [0.1, 0.15) is 21.5 Å². The van der Waals surface area contributed by atoms with Gasteiger partial charge < -0.3 is 15.2 Å². The summed E-state index contributed by atoms with van der Waals surface area (Å²) >= 11 is 0. The minimum absolute atomic E-state index is 0.109. The number of primary amides is 1. The van der Waals surface area contributed by atoms with Gasteiger partial charge >= 0.3 is 0 Å². The van der Waals surface area contributed by atoms with E-state index in [-0.39, 0.29) is 5.91 Å². The van der Waals surface area contributed by atoms with E-state index in [4.69, 9.17) is 5.73 Å². The van der Waals surface area contributed by atoms with Gasteiger partial charge in [0.2, 0.25) is 11.8 Å². The minimum atomic E-state index is -0.475. The van der Waals surface area contributed by atoms with Crippen LogP contribution in [0.4, 0.5) is 0 Å². The summed E-state index contributed by atoms with van der Waals surface area (Å²) < 4.78 is 2.04. The van der Waals surface area contributed by atoms with Crippen molar-refractivity contribution in [3.05, 3.63) is 77.5 Å². The van der Waals surface area contributed by atoms with Gasteiger partial charge in [0, 0.05) is 54.9 Å². The molecule has 5 heteroatoms. The number of fused-ring (bicyclic) bond motifs is 1. The molecule has 0 fully saturated rings. The van der Waals surface area contributed by atoms with Crippen LogP contribution in [-0.4, -0.2) is 28.3 Å². The lowest BCUT2D eigenvalue weighted by atomic mass is 10.1. The number of hydrogen-bond acceptors (Lipinski definition) is 2. The molecule has 0 saturated carbocycles. The first kappa shape index (κ1) is 17.5. The van der Waals surface area contributed by atoms with Gasteiger partial charge in [-0.05, 0) is 29.8 Å². The second kappa shape index (κ2) is 7.27. The van der Waals surface area contributed by atoms with Crippen LogP contribution in [0.25, 0.3) is 17.0 Å². The molecule has 1 heterocycles. The largest absolute Gasteiger partial charge is 0.366 e. The molecule has 2 aromatic carbocycles. The van der Waals surface area contributed by atoms with Gasteiger partial charge in [0.1, 0.15) is 0 Å². The fourth-order valence-electron chi connectivity index (χ4n) is 2.97. The Morgan fingerprint density at radius 3 is 2.69 bits per heavy atom. The van der Waals surface area contributed by atoms with Crippen molar-refractivity contribution in [2.24, 2.45) is 12.8 Å². The predicted octanol–water partition coefficient (Wildman–Crippen LogP) is 2.95. The van der Waals surface area contributed by atoms with Crippen LogP contribution in [0.15, 0.2) is 60.8 Å². The number of hydrogen-bond donors (Lipinski definition) is 1. The quantitative estimate of drug-likeness (QED) is 0.721. The predicted molar refractivity (Wildman–Crippen MR) is 103 cm³/mol. The van der Waals surface area contributed by atoms with Crippen molar-refractivity contribution < 1.29 is 9.59 Å². The molecule has 0 aliphatic rings. The second-order valence-corrected chi connectivity index (χ2v) is 6.30. The van der Waals surface area contributed by atoms with Gasteiger partial charge in [0.15, 0.2) is 0 Å². The summed E-state index contributed by atoms with van der Waals surface area (Å²) in [6.45, 7) is 0.403. The summed E-state index contributed by atoms with van der Waals surface area (Å²) in [7, 11) is 3.71. The molecule has 0 saturated heterocycles. The van der Waals surface area contributed by atoms with Crippen molar-refractivity contribution in [3.63, 3.8) is 0 Å². The third-order valence-electron chi connectivity index (χ3n) is 4.34. The summed E-state index contributed by atoms with van der Waals surface area (Å²) in [5.41, 5.74) is 8.72. The van der Waals surface area contributed by atoms with E-state index < -0.39 is 5.91 Å². The molecular weight excluding hydrogens is 326 g/mol. The van der Waals surface area contributed by atoms with E-state index in [0.717, 1.165) is 22.0 Å². The number of nitrogens with two attached hydrogens (primary N) is 1. The lowest BCUT2D eigenvalue weighted by Gasteiger charge is -2.15. The van der Waals surface area contributed by atoms with E-state index in [9.17, 15) is 9.59 Å². The van der Waals surface area contributed by atoms with Gasteiger partial charge in [-0.1, -0.05) is 30.3 Å². The van der Waals surface area contributed by atoms with Crippen LogP contribution in [0.3, 0.4) is 0 Å². The number of carbonyl (C=O) groups is 2. The first-order valence-electron chi connectivity index (χ1n) is 8.31. The first-order valence-corrected chi connectivity index (χ1v) is 8.31. The smallest absolute Gasteiger partial charge is 0.248 e. The van der Waals surface area contributed by atoms with Crippen LogP contribution in [0.5, 0.6) is 0 Å². The molecule has 26 heavy (non-hydrogen) atoms. The Morgan fingerprint density at radius 1 is 1.15 bits per heavy atom. The molecule has 2 N–H and O–H groups in total. The van der Waals surface area contributed by atoms with Gasteiger partial charge in [-0.2, -0.15) is 0 Å². The van der Waals surface area contributed by atoms with Crippen molar-refractivity contribution in [2.45, 2.75) is 6.54 Å². The summed E-state index contributed by atoms with van der Waals surface area (Å²) in [4.78, 5) is 25.3. The van der Waals surface area contributed by atoms with Crippen LogP contribution in [-0.2, 0) is 18.4 Å². The Bertz CT molecular complexity index is 1000. The zero-order chi connectivity index (χ0) is 18.7. The highest BCUT2D eigenvalue weighted by atomic mass is 16.2. The molecule has 5 nitrogen and oxygen atoms in total. The highest BCUT2D eigenvalue weighted by Gasteiger charge is 2.09. The average molecular weight is 347 g/mol. The molecule has 1 aromatic heterocycles. The third-order valence-corrected chi connectivity index (χ3v) is 4.34.